The summed E-state index contributed by atoms with van der Waals surface area (Å²) in [4.78, 5) is 25.0. The van der Waals surface area contributed by atoms with Crippen LogP contribution in [0.3, 0.4) is 0 Å². The molecule has 41 heavy (non-hydrogen) atoms. The second kappa shape index (κ2) is 12.7. The number of halogens is 2. The Labute approximate surface area is 237 Å². The van der Waals surface area contributed by atoms with E-state index in [1.165, 1.54) is 12.4 Å². The van der Waals surface area contributed by atoms with Crippen molar-refractivity contribution in [2.24, 2.45) is 7.05 Å². The van der Waals surface area contributed by atoms with E-state index in [-0.39, 0.29) is 11.4 Å². The van der Waals surface area contributed by atoms with Crippen LogP contribution in [-0.2, 0) is 11.8 Å². The summed E-state index contributed by atoms with van der Waals surface area (Å²) in [5.74, 6) is -0.200. The number of hydrogen-bond donors (Lipinski definition) is 2. The fourth-order valence-electron chi connectivity index (χ4n) is 4.17. The fourth-order valence-corrected chi connectivity index (χ4v) is 4.17. The molecular formula is C29H34F2N8O2. The Morgan fingerprint density at radius 2 is 1.90 bits per heavy atom. The molecule has 0 saturated heterocycles. The number of carbonyl (C=O) groups is 1. The molecule has 216 valence electrons. The lowest BCUT2D eigenvalue weighted by molar-refractivity contribution is -0.111. The van der Waals surface area contributed by atoms with Crippen molar-refractivity contribution < 1.29 is 18.3 Å². The van der Waals surface area contributed by atoms with Crippen LogP contribution in [0.25, 0.3) is 22.2 Å². The van der Waals surface area contributed by atoms with Crippen LogP contribution in [0.4, 0.5) is 31.7 Å². The number of alkyl halides is 2. The molecule has 0 aliphatic heterocycles. The Bertz CT molecular complexity index is 1540. The zero-order chi connectivity index (χ0) is 29.7. The van der Waals surface area contributed by atoms with E-state index >= 15 is 0 Å². The minimum atomic E-state index is -3.07. The summed E-state index contributed by atoms with van der Waals surface area (Å²) in [6.07, 6.45) is 4.30. The Morgan fingerprint density at radius 3 is 2.61 bits per heavy atom. The van der Waals surface area contributed by atoms with Crippen molar-refractivity contribution in [2.45, 2.75) is 26.5 Å². The topological polar surface area (TPSA) is 100 Å². The maximum absolute atomic E-state index is 13.5. The normalized spacial score (nSPS) is 11.4. The number of rotatable bonds is 12. The predicted molar refractivity (Wildman–Crippen MR) is 158 cm³/mol. The summed E-state index contributed by atoms with van der Waals surface area (Å²) in [6, 6.07) is 10.9. The molecule has 2 aromatic carbocycles. The van der Waals surface area contributed by atoms with Crippen LogP contribution in [-0.4, -0.2) is 70.4 Å². The summed E-state index contributed by atoms with van der Waals surface area (Å²) >= 11 is 0. The molecule has 2 aromatic heterocycles. The first-order chi connectivity index (χ1) is 19.5. The lowest BCUT2D eigenvalue weighted by Crippen LogP contribution is -2.35. The van der Waals surface area contributed by atoms with Crippen molar-refractivity contribution in [3.63, 3.8) is 0 Å². The van der Waals surface area contributed by atoms with E-state index in [1.54, 1.807) is 23.0 Å². The number of nitrogens with zero attached hydrogens (tertiary/aromatic N) is 6. The molecule has 12 heteroatoms. The minimum Gasteiger partial charge on any atom is -0.433 e. The first kappa shape index (κ1) is 29.4. The van der Waals surface area contributed by atoms with Crippen LogP contribution in [0.2, 0.25) is 0 Å². The van der Waals surface area contributed by atoms with Crippen molar-refractivity contribution in [3.8, 4) is 17.0 Å². The number of amides is 1. The minimum absolute atomic E-state index is 0.105. The zero-order valence-electron chi connectivity index (χ0n) is 23.7. The molecule has 4 aromatic rings. The average Bonchev–Trinajstić information content (AvgIpc) is 3.32. The number of hydrogen-bond acceptors (Lipinski definition) is 8. The van der Waals surface area contributed by atoms with E-state index in [0.717, 1.165) is 22.5 Å². The Morgan fingerprint density at radius 1 is 1.12 bits per heavy atom. The van der Waals surface area contributed by atoms with E-state index in [2.05, 4.69) is 51.0 Å². The summed E-state index contributed by atoms with van der Waals surface area (Å²) in [6.45, 7) is 5.90. The highest BCUT2D eigenvalue weighted by Crippen LogP contribution is 2.39. The number of aryl methyl sites for hydroxylation is 1. The number of anilines is 4. The lowest BCUT2D eigenvalue weighted by Gasteiger charge is -2.28. The monoisotopic (exact) mass is 564 g/mol. The highest BCUT2D eigenvalue weighted by molar-refractivity contribution is 6.02. The Kier molecular flexibility index (Phi) is 9.13. The number of benzene rings is 2. The second-order valence-electron chi connectivity index (χ2n) is 9.89. The third-order valence-electron chi connectivity index (χ3n) is 6.81. The molecule has 0 bridgehead atoms. The van der Waals surface area contributed by atoms with Gasteiger partial charge in [0.25, 0.3) is 0 Å². The molecule has 0 spiro atoms. The van der Waals surface area contributed by atoms with Crippen molar-refractivity contribution in [2.75, 3.05) is 42.7 Å². The molecule has 0 aliphatic carbocycles. The van der Waals surface area contributed by atoms with Gasteiger partial charge in [0.2, 0.25) is 5.91 Å². The van der Waals surface area contributed by atoms with Gasteiger partial charge in [-0.1, -0.05) is 18.7 Å². The van der Waals surface area contributed by atoms with Gasteiger partial charge in [-0.2, -0.15) is 13.9 Å². The van der Waals surface area contributed by atoms with Gasteiger partial charge >= 0.3 is 6.61 Å². The highest BCUT2D eigenvalue weighted by atomic mass is 19.3. The molecule has 4 rings (SSSR count). The van der Waals surface area contributed by atoms with Crippen LogP contribution >= 0.6 is 0 Å². The zero-order valence-corrected chi connectivity index (χ0v) is 23.7. The highest BCUT2D eigenvalue weighted by Gasteiger charge is 2.19. The van der Waals surface area contributed by atoms with Gasteiger partial charge in [0.1, 0.15) is 12.1 Å². The summed E-state index contributed by atoms with van der Waals surface area (Å²) in [5.41, 5.74) is 3.47. The van der Waals surface area contributed by atoms with Crippen molar-refractivity contribution in [3.05, 3.63) is 61.6 Å². The summed E-state index contributed by atoms with van der Waals surface area (Å²) in [5, 5.41) is 11.1. The Hall–Kier alpha value is -4.58. The molecular weight excluding hydrogens is 530 g/mol. The third kappa shape index (κ3) is 7.14. The quantitative estimate of drug-likeness (QED) is 0.224. The molecule has 10 nitrogen and oxygen atoms in total. The van der Waals surface area contributed by atoms with Gasteiger partial charge in [0, 0.05) is 56.3 Å². The standard InChI is InChI=1S/C29H34F2N8O2/c1-7-28(40)36-22-13-23(26(41-29(30)31)15-25(22)38(5)11-10-37(4)18(2)3)35-27-14-21(32-17-33-27)19-8-9-20-16-34-39(6)24(20)12-19/h7-9,12-18,29H,1,10-11H2,2-6H3,(H,36,40)(H,32,33,35). The molecule has 1 amide bonds. The maximum atomic E-state index is 13.5. The van der Waals surface area contributed by atoms with Gasteiger partial charge < -0.3 is 25.2 Å². The van der Waals surface area contributed by atoms with Crippen molar-refractivity contribution in [1.82, 2.24) is 24.6 Å². The van der Waals surface area contributed by atoms with Gasteiger partial charge in [0.05, 0.1) is 34.5 Å². The van der Waals surface area contributed by atoms with Crippen molar-refractivity contribution >= 4 is 39.7 Å². The van der Waals surface area contributed by atoms with Crippen LogP contribution in [0, 0.1) is 0 Å². The largest absolute Gasteiger partial charge is 0.433 e. The van der Waals surface area contributed by atoms with Gasteiger partial charge in [-0.25, -0.2) is 9.97 Å². The fraction of sp³-hybridized carbons (Fsp3) is 0.310. The van der Waals surface area contributed by atoms with Gasteiger partial charge in [-0.15, -0.1) is 0 Å². The summed E-state index contributed by atoms with van der Waals surface area (Å²) in [7, 11) is 5.68. The Balaban J connectivity index is 1.70. The predicted octanol–water partition coefficient (Wildman–Crippen LogP) is 5.28. The van der Waals surface area contributed by atoms with Crippen LogP contribution < -0.4 is 20.3 Å². The molecule has 0 atom stereocenters. The third-order valence-corrected chi connectivity index (χ3v) is 6.81. The van der Waals surface area contributed by atoms with Gasteiger partial charge in [-0.3, -0.25) is 9.48 Å². The smallest absolute Gasteiger partial charge is 0.387 e. The lowest BCUT2D eigenvalue weighted by atomic mass is 10.1. The van der Waals surface area contributed by atoms with Gasteiger partial charge in [-0.05, 0) is 39.1 Å². The molecule has 0 saturated carbocycles. The molecule has 0 fully saturated rings. The first-order valence-corrected chi connectivity index (χ1v) is 13.0. The number of likely N-dealkylation sites (N-methyl/N-ethyl adjacent to an activating group) is 2. The van der Waals surface area contributed by atoms with E-state index in [1.807, 2.05) is 44.2 Å². The maximum Gasteiger partial charge on any atom is 0.387 e. The van der Waals surface area contributed by atoms with Crippen LogP contribution in [0.5, 0.6) is 5.75 Å². The van der Waals surface area contributed by atoms with E-state index in [9.17, 15) is 13.6 Å². The first-order valence-electron chi connectivity index (χ1n) is 13.0. The van der Waals surface area contributed by atoms with Crippen LogP contribution in [0.15, 0.2) is 61.6 Å². The summed E-state index contributed by atoms with van der Waals surface area (Å²) < 4.78 is 33.7. The van der Waals surface area contributed by atoms with Gasteiger partial charge in [0.15, 0.2) is 5.75 Å². The molecule has 0 radical (unpaired) electrons. The molecule has 0 aliphatic rings. The van der Waals surface area contributed by atoms with E-state index < -0.39 is 12.5 Å². The van der Waals surface area contributed by atoms with E-state index in [4.69, 9.17) is 4.74 Å². The number of ether oxygens (including phenoxy) is 1. The van der Waals surface area contributed by atoms with Crippen LogP contribution in [0.1, 0.15) is 13.8 Å². The SMILES string of the molecule is C=CC(=O)Nc1cc(Nc2cc(-c3ccc4cnn(C)c4c3)ncn2)c(OC(F)F)cc1N(C)CCN(C)C(C)C. The van der Waals surface area contributed by atoms with Crippen molar-refractivity contribution in [1.29, 1.82) is 0 Å². The number of fused-ring (bicyclic) bond motifs is 1. The number of aromatic nitrogens is 4. The number of nitrogens with one attached hydrogen (secondary N) is 2. The van der Waals surface area contributed by atoms with E-state index in [0.29, 0.717) is 42.0 Å². The number of carbonyl (C=O) groups excluding carboxylic acids is 1. The second-order valence-corrected chi connectivity index (χ2v) is 9.89. The molecule has 2 heterocycles. The molecule has 2 N–H and O–H groups in total. The molecule has 0 unspecified atom stereocenters. The average molecular weight is 565 g/mol.